The van der Waals surface area contributed by atoms with E-state index in [0.717, 1.165) is 16.6 Å². The summed E-state index contributed by atoms with van der Waals surface area (Å²) >= 11 is 5.56. The molecule has 1 amide bonds. The summed E-state index contributed by atoms with van der Waals surface area (Å²) in [5, 5.41) is 22.2. The summed E-state index contributed by atoms with van der Waals surface area (Å²) in [4.78, 5) is 19.2. The Morgan fingerprint density at radius 3 is 2.74 bits per heavy atom. The van der Waals surface area contributed by atoms with Crippen molar-refractivity contribution >= 4 is 34.6 Å². The number of halogens is 3. The Morgan fingerprint density at radius 1 is 1.21 bits per heavy atom. The largest absolute Gasteiger partial charge is 0.493 e. The van der Waals surface area contributed by atoms with Crippen molar-refractivity contribution in [1.82, 2.24) is 19.8 Å². The quantitative estimate of drug-likeness (QED) is 0.336. The molecule has 0 unspecified atom stereocenters. The molecule has 38 heavy (non-hydrogen) atoms. The third-order valence-corrected chi connectivity index (χ3v) is 6.85. The van der Waals surface area contributed by atoms with Gasteiger partial charge in [-0.05, 0) is 53.1 Å². The normalized spacial score (nSPS) is 13.5. The second-order valence-electron chi connectivity index (χ2n) is 8.97. The summed E-state index contributed by atoms with van der Waals surface area (Å²) < 4.78 is 29.1. The summed E-state index contributed by atoms with van der Waals surface area (Å²) in [7, 11) is 0. The number of hydrogen-bond acceptors (Lipinski definition) is 5. The Labute approximate surface area is 222 Å². The lowest BCUT2D eigenvalue weighted by molar-refractivity contribution is 0.240. The number of aromatic hydroxyl groups is 1. The average Bonchev–Trinajstić information content (AvgIpc) is 3.23. The Hall–Kier alpha value is -4.26. The van der Waals surface area contributed by atoms with Gasteiger partial charge in [0.2, 0.25) is 5.88 Å². The molecule has 1 aliphatic rings. The van der Waals surface area contributed by atoms with E-state index in [1.54, 1.807) is 34.9 Å². The van der Waals surface area contributed by atoms with Gasteiger partial charge < -0.3 is 10.4 Å². The lowest BCUT2D eigenvalue weighted by Crippen LogP contribution is -2.34. The number of aromatic nitrogens is 2. The lowest BCUT2D eigenvalue weighted by atomic mass is 10.0. The van der Waals surface area contributed by atoms with Crippen molar-refractivity contribution in [2.75, 3.05) is 13.1 Å². The van der Waals surface area contributed by atoms with Crippen LogP contribution in [0.1, 0.15) is 27.9 Å². The zero-order valence-corrected chi connectivity index (χ0v) is 20.8. The molecule has 0 atom stereocenters. The number of nitriles is 1. The van der Waals surface area contributed by atoms with Crippen LogP contribution in [0.5, 0.6) is 5.88 Å². The molecule has 192 valence electrons. The highest BCUT2D eigenvalue weighted by Crippen LogP contribution is 2.32. The summed E-state index contributed by atoms with van der Waals surface area (Å²) in [5.41, 5.74) is 4.10. The van der Waals surface area contributed by atoms with Crippen molar-refractivity contribution < 1.29 is 18.7 Å². The first-order chi connectivity index (χ1) is 18.3. The van der Waals surface area contributed by atoms with Crippen LogP contribution in [0, 0.1) is 23.0 Å². The number of carbonyl (C=O) groups is 1. The maximum Gasteiger partial charge on any atom is 0.326 e. The van der Waals surface area contributed by atoms with E-state index >= 15 is 0 Å². The van der Waals surface area contributed by atoms with E-state index in [9.17, 15) is 23.9 Å². The van der Waals surface area contributed by atoms with E-state index in [4.69, 9.17) is 11.6 Å². The minimum atomic E-state index is -0.811. The number of fused-ring (bicyclic) bond motifs is 3. The van der Waals surface area contributed by atoms with Gasteiger partial charge in [-0.15, -0.1) is 0 Å². The summed E-state index contributed by atoms with van der Waals surface area (Å²) in [5.74, 6) is -1.74. The predicted molar refractivity (Wildman–Crippen MR) is 140 cm³/mol. The molecular weight excluding hydrogens is 512 g/mol. The van der Waals surface area contributed by atoms with E-state index < -0.39 is 16.7 Å². The van der Waals surface area contributed by atoms with Crippen molar-refractivity contribution in [2.24, 2.45) is 0 Å². The van der Waals surface area contributed by atoms with E-state index in [0.29, 0.717) is 48.3 Å². The third kappa shape index (κ3) is 5.09. The number of amides is 1. The van der Waals surface area contributed by atoms with Gasteiger partial charge in [-0.3, -0.25) is 9.47 Å². The SMILES string of the molecule is N#Cc1ccc2c(c1)c1c(n2C(=O)NCc2ccnc(O)c2)CCN(CC=Cc2cc(F)c(Cl)c(F)c2)C1. The molecule has 5 rings (SSSR count). The fourth-order valence-electron chi connectivity index (χ4n) is 4.71. The molecule has 0 saturated heterocycles. The van der Waals surface area contributed by atoms with Gasteiger partial charge in [-0.2, -0.15) is 5.26 Å². The van der Waals surface area contributed by atoms with Gasteiger partial charge in [-0.25, -0.2) is 18.6 Å². The molecule has 4 aromatic rings. The molecule has 0 fully saturated rings. The molecule has 2 aromatic carbocycles. The number of rotatable bonds is 5. The van der Waals surface area contributed by atoms with Gasteiger partial charge in [0.25, 0.3) is 0 Å². The van der Waals surface area contributed by atoms with Gasteiger partial charge in [0, 0.05) is 55.9 Å². The van der Waals surface area contributed by atoms with Crippen LogP contribution in [-0.2, 0) is 19.5 Å². The van der Waals surface area contributed by atoms with Crippen LogP contribution in [0.4, 0.5) is 13.6 Å². The Bertz CT molecular complexity index is 1600. The van der Waals surface area contributed by atoms with E-state index in [-0.39, 0.29) is 18.5 Å². The number of pyridine rings is 1. The number of benzene rings is 2. The highest BCUT2D eigenvalue weighted by atomic mass is 35.5. The van der Waals surface area contributed by atoms with E-state index in [2.05, 4.69) is 21.3 Å². The summed E-state index contributed by atoms with van der Waals surface area (Å²) in [6.45, 7) is 1.93. The standard InChI is InChI=1S/C28H22ClF2N5O2/c29-27-22(30)11-17(12-23(27)31)2-1-8-35-9-6-25-21(16-35)20-10-18(14-32)3-4-24(20)36(25)28(38)34-15-19-5-7-33-26(37)13-19/h1-5,7,10-13H,6,8-9,15-16H2,(H,33,37)(H,34,38). The number of carbonyl (C=O) groups excluding carboxylic acids is 1. The molecule has 10 heteroatoms. The fourth-order valence-corrected chi connectivity index (χ4v) is 4.82. The van der Waals surface area contributed by atoms with Crippen molar-refractivity contribution in [2.45, 2.75) is 19.5 Å². The highest BCUT2D eigenvalue weighted by molar-refractivity contribution is 6.30. The molecule has 0 spiro atoms. The first-order valence-corrected chi connectivity index (χ1v) is 12.2. The van der Waals surface area contributed by atoms with Crippen LogP contribution in [0.15, 0.2) is 54.7 Å². The smallest absolute Gasteiger partial charge is 0.326 e. The van der Waals surface area contributed by atoms with Crippen molar-refractivity contribution in [3.05, 3.63) is 99.3 Å². The molecule has 0 bridgehead atoms. The summed E-state index contributed by atoms with van der Waals surface area (Å²) in [6, 6.07) is 12.7. The second-order valence-corrected chi connectivity index (χ2v) is 9.35. The minimum absolute atomic E-state index is 0.120. The van der Waals surface area contributed by atoms with Crippen molar-refractivity contribution in [3.63, 3.8) is 0 Å². The van der Waals surface area contributed by atoms with Crippen LogP contribution < -0.4 is 5.32 Å². The minimum Gasteiger partial charge on any atom is -0.493 e. The first kappa shape index (κ1) is 25.4. The zero-order chi connectivity index (χ0) is 26.8. The zero-order valence-electron chi connectivity index (χ0n) is 20.1. The molecule has 2 N–H and O–H groups in total. The van der Waals surface area contributed by atoms with Crippen molar-refractivity contribution in [3.8, 4) is 11.9 Å². The van der Waals surface area contributed by atoms with Gasteiger partial charge in [0.05, 0.1) is 17.1 Å². The maximum absolute atomic E-state index is 13.7. The van der Waals surface area contributed by atoms with Crippen LogP contribution in [0.2, 0.25) is 5.02 Å². The van der Waals surface area contributed by atoms with Gasteiger partial charge >= 0.3 is 6.03 Å². The van der Waals surface area contributed by atoms with E-state index in [1.807, 2.05) is 6.08 Å². The second kappa shape index (κ2) is 10.6. The van der Waals surface area contributed by atoms with Crippen LogP contribution >= 0.6 is 11.6 Å². The molecule has 1 aliphatic heterocycles. The first-order valence-electron chi connectivity index (χ1n) is 11.9. The Kier molecular flexibility index (Phi) is 7.09. The number of nitrogens with one attached hydrogen (secondary N) is 1. The number of nitrogens with zero attached hydrogens (tertiary/aromatic N) is 4. The fraction of sp³-hybridized carbons (Fsp3) is 0.179. The molecule has 2 aromatic heterocycles. The molecular formula is C28H22ClF2N5O2. The number of hydrogen-bond donors (Lipinski definition) is 2. The highest BCUT2D eigenvalue weighted by Gasteiger charge is 2.26. The molecule has 7 nitrogen and oxygen atoms in total. The molecule has 3 heterocycles. The monoisotopic (exact) mass is 533 g/mol. The molecule has 0 saturated carbocycles. The average molecular weight is 534 g/mol. The summed E-state index contributed by atoms with van der Waals surface area (Å²) in [6.07, 6.45) is 5.52. The Balaban J connectivity index is 1.39. The molecule has 0 radical (unpaired) electrons. The van der Waals surface area contributed by atoms with Gasteiger partial charge in [0.15, 0.2) is 0 Å². The van der Waals surface area contributed by atoms with Crippen LogP contribution in [0.3, 0.4) is 0 Å². The van der Waals surface area contributed by atoms with Gasteiger partial charge in [-0.1, -0.05) is 23.8 Å². The lowest BCUT2D eigenvalue weighted by Gasteiger charge is -2.27. The van der Waals surface area contributed by atoms with Crippen LogP contribution in [-0.4, -0.2) is 38.7 Å². The van der Waals surface area contributed by atoms with Gasteiger partial charge in [0.1, 0.15) is 16.7 Å². The topological polar surface area (TPSA) is 94.2 Å². The Morgan fingerprint density at radius 2 is 2.00 bits per heavy atom. The third-order valence-electron chi connectivity index (χ3n) is 6.49. The predicted octanol–water partition coefficient (Wildman–Crippen LogP) is 5.37. The molecule has 0 aliphatic carbocycles. The maximum atomic E-state index is 13.7. The van der Waals surface area contributed by atoms with Crippen molar-refractivity contribution in [1.29, 1.82) is 5.26 Å². The van der Waals surface area contributed by atoms with Crippen LogP contribution in [0.25, 0.3) is 17.0 Å². The van der Waals surface area contributed by atoms with E-state index in [1.165, 1.54) is 24.4 Å².